The SMILES string of the molecule is C=C(C)N=C/C(=C\N)c1ccc(C#N)c(OC)c1. The molecule has 0 heterocycles. The molecule has 0 spiro atoms. The number of allylic oxidation sites excluding steroid dienone is 2. The highest BCUT2D eigenvalue weighted by Gasteiger charge is 2.05. The fourth-order valence-corrected chi connectivity index (χ4v) is 1.36. The molecule has 1 aromatic rings. The largest absolute Gasteiger partial charge is 0.495 e. The Morgan fingerprint density at radius 2 is 2.28 bits per heavy atom. The number of nitrogens with two attached hydrogens (primary N) is 1. The molecule has 92 valence electrons. The van der Waals surface area contributed by atoms with Crippen LogP contribution >= 0.6 is 0 Å². The first-order valence-electron chi connectivity index (χ1n) is 5.32. The number of nitrogens with zero attached hydrogens (tertiary/aromatic N) is 2. The third kappa shape index (κ3) is 3.22. The predicted octanol–water partition coefficient (Wildman–Crippen LogP) is 2.47. The van der Waals surface area contributed by atoms with E-state index in [9.17, 15) is 0 Å². The minimum absolute atomic E-state index is 0.481. The zero-order valence-electron chi connectivity index (χ0n) is 10.5. The fourth-order valence-electron chi connectivity index (χ4n) is 1.36. The lowest BCUT2D eigenvalue weighted by molar-refractivity contribution is 0.413. The summed E-state index contributed by atoms with van der Waals surface area (Å²) in [5.41, 5.74) is 8.30. The molecule has 0 aromatic heterocycles. The van der Waals surface area contributed by atoms with Gasteiger partial charge < -0.3 is 10.5 Å². The molecule has 0 atom stereocenters. The lowest BCUT2D eigenvalue weighted by Gasteiger charge is -2.06. The smallest absolute Gasteiger partial charge is 0.137 e. The Morgan fingerprint density at radius 3 is 2.78 bits per heavy atom. The van der Waals surface area contributed by atoms with Crippen molar-refractivity contribution in [1.82, 2.24) is 0 Å². The maximum Gasteiger partial charge on any atom is 0.137 e. The van der Waals surface area contributed by atoms with Crippen LogP contribution in [0.4, 0.5) is 0 Å². The van der Waals surface area contributed by atoms with E-state index in [1.54, 1.807) is 31.3 Å². The van der Waals surface area contributed by atoms with Gasteiger partial charge in [-0.15, -0.1) is 0 Å². The first-order chi connectivity index (χ1) is 8.62. The molecule has 0 unspecified atom stereocenters. The van der Waals surface area contributed by atoms with Gasteiger partial charge in [-0.2, -0.15) is 5.26 Å². The Balaban J connectivity index is 3.17. The Bertz CT molecular complexity index is 551. The summed E-state index contributed by atoms with van der Waals surface area (Å²) in [4.78, 5) is 4.10. The minimum Gasteiger partial charge on any atom is -0.495 e. The Kier molecular flexibility index (Phi) is 4.70. The number of nitriles is 1. The number of aliphatic imine (C=N–C) groups is 1. The minimum atomic E-state index is 0.481. The van der Waals surface area contributed by atoms with Gasteiger partial charge in [0.15, 0.2) is 0 Å². The molecule has 0 aliphatic rings. The molecule has 0 saturated carbocycles. The van der Waals surface area contributed by atoms with Gasteiger partial charge in [-0.3, -0.25) is 4.99 Å². The molecule has 1 rings (SSSR count). The van der Waals surface area contributed by atoms with Crippen LogP contribution in [0.3, 0.4) is 0 Å². The molecule has 0 amide bonds. The standard InChI is InChI=1S/C14H15N3O/c1-10(2)17-9-13(8-16)11-4-5-12(7-15)14(6-11)18-3/h4-6,8-9H,1,16H2,2-3H3/b13-8+,17-9?. The number of ether oxygens (including phenoxy) is 1. The number of methoxy groups -OCH3 is 1. The lowest BCUT2D eigenvalue weighted by atomic mass is 10.0. The van der Waals surface area contributed by atoms with Gasteiger partial charge in [-0.05, 0) is 24.6 Å². The molecular formula is C14H15N3O. The highest BCUT2D eigenvalue weighted by Crippen LogP contribution is 2.23. The van der Waals surface area contributed by atoms with Gasteiger partial charge in [0.1, 0.15) is 11.8 Å². The van der Waals surface area contributed by atoms with Crippen LogP contribution in [0.2, 0.25) is 0 Å². The van der Waals surface area contributed by atoms with Crippen LogP contribution in [0.5, 0.6) is 5.75 Å². The highest BCUT2D eigenvalue weighted by atomic mass is 16.5. The van der Waals surface area contributed by atoms with Crippen molar-refractivity contribution in [2.75, 3.05) is 7.11 Å². The van der Waals surface area contributed by atoms with Crippen molar-refractivity contribution >= 4 is 11.8 Å². The van der Waals surface area contributed by atoms with Crippen molar-refractivity contribution in [3.8, 4) is 11.8 Å². The summed E-state index contributed by atoms with van der Waals surface area (Å²) in [5.74, 6) is 0.512. The van der Waals surface area contributed by atoms with Crippen LogP contribution in [0.1, 0.15) is 18.1 Å². The van der Waals surface area contributed by atoms with E-state index >= 15 is 0 Å². The van der Waals surface area contributed by atoms with Crippen LogP contribution in [0, 0.1) is 11.3 Å². The van der Waals surface area contributed by atoms with E-state index in [1.807, 2.05) is 0 Å². The molecule has 0 aliphatic carbocycles. The van der Waals surface area contributed by atoms with Gasteiger partial charge in [0, 0.05) is 23.7 Å². The third-order valence-electron chi connectivity index (χ3n) is 2.26. The van der Waals surface area contributed by atoms with E-state index in [0.29, 0.717) is 17.0 Å². The van der Waals surface area contributed by atoms with Gasteiger partial charge in [0.25, 0.3) is 0 Å². The molecule has 4 nitrogen and oxygen atoms in total. The Morgan fingerprint density at radius 1 is 1.56 bits per heavy atom. The van der Waals surface area contributed by atoms with Crippen molar-refractivity contribution in [3.63, 3.8) is 0 Å². The van der Waals surface area contributed by atoms with Crippen molar-refractivity contribution in [2.45, 2.75) is 6.92 Å². The molecule has 1 aromatic carbocycles. The average molecular weight is 241 g/mol. The van der Waals surface area contributed by atoms with Crippen LogP contribution in [-0.2, 0) is 0 Å². The second kappa shape index (κ2) is 6.26. The van der Waals surface area contributed by atoms with Crippen LogP contribution < -0.4 is 10.5 Å². The summed E-state index contributed by atoms with van der Waals surface area (Å²) in [7, 11) is 1.52. The van der Waals surface area contributed by atoms with Crippen LogP contribution in [-0.4, -0.2) is 13.3 Å². The molecule has 0 saturated heterocycles. The Hall–Kier alpha value is -2.54. The third-order valence-corrected chi connectivity index (χ3v) is 2.26. The number of hydrogen-bond acceptors (Lipinski definition) is 4. The van der Waals surface area contributed by atoms with Crippen molar-refractivity contribution in [3.05, 3.63) is 47.8 Å². The second-order valence-corrected chi connectivity index (χ2v) is 3.64. The summed E-state index contributed by atoms with van der Waals surface area (Å²) in [6, 6.07) is 7.29. The summed E-state index contributed by atoms with van der Waals surface area (Å²) in [6.07, 6.45) is 3.08. The topological polar surface area (TPSA) is 71.4 Å². The van der Waals surface area contributed by atoms with E-state index in [2.05, 4.69) is 17.6 Å². The van der Waals surface area contributed by atoms with E-state index < -0.39 is 0 Å². The highest BCUT2D eigenvalue weighted by molar-refractivity contribution is 6.10. The monoisotopic (exact) mass is 241 g/mol. The normalized spacial score (nSPS) is 11.3. The van der Waals surface area contributed by atoms with Gasteiger partial charge >= 0.3 is 0 Å². The summed E-state index contributed by atoms with van der Waals surface area (Å²) in [5, 5.41) is 8.91. The van der Waals surface area contributed by atoms with Crippen molar-refractivity contribution in [2.24, 2.45) is 10.7 Å². The van der Waals surface area contributed by atoms with Crippen LogP contribution in [0.15, 0.2) is 41.7 Å². The molecule has 4 heteroatoms. The second-order valence-electron chi connectivity index (χ2n) is 3.64. The van der Waals surface area contributed by atoms with Gasteiger partial charge in [-0.25, -0.2) is 0 Å². The van der Waals surface area contributed by atoms with E-state index in [4.69, 9.17) is 15.7 Å². The zero-order valence-corrected chi connectivity index (χ0v) is 10.5. The van der Waals surface area contributed by atoms with E-state index in [0.717, 1.165) is 11.1 Å². The quantitative estimate of drug-likeness (QED) is 0.823. The average Bonchev–Trinajstić information content (AvgIpc) is 2.38. The maximum atomic E-state index is 8.91. The van der Waals surface area contributed by atoms with Crippen LogP contribution in [0.25, 0.3) is 5.57 Å². The van der Waals surface area contributed by atoms with Gasteiger partial charge in [0.2, 0.25) is 0 Å². The maximum absolute atomic E-state index is 8.91. The number of hydrogen-bond donors (Lipinski definition) is 1. The predicted molar refractivity (Wildman–Crippen MR) is 73.2 cm³/mol. The fraction of sp³-hybridized carbons (Fsp3) is 0.143. The molecule has 2 N–H and O–H groups in total. The summed E-state index contributed by atoms with van der Waals surface area (Å²) in [6.45, 7) is 5.48. The summed E-state index contributed by atoms with van der Waals surface area (Å²) >= 11 is 0. The number of rotatable bonds is 4. The first kappa shape index (κ1) is 13.5. The molecule has 0 bridgehead atoms. The first-order valence-corrected chi connectivity index (χ1v) is 5.32. The van der Waals surface area contributed by atoms with Gasteiger partial charge in [0.05, 0.1) is 12.7 Å². The zero-order chi connectivity index (χ0) is 13.5. The van der Waals surface area contributed by atoms with E-state index in [1.165, 1.54) is 13.3 Å². The van der Waals surface area contributed by atoms with Gasteiger partial charge in [-0.1, -0.05) is 12.6 Å². The summed E-state index contributed by atoms with van der Waals surface area (Å²) < 4.78 is 5.14. The van der Waals surface area contributed by atoms with E-state index in [-0.39, 0.29) is 0 Å². The molecule has 0 aliphatic heterocycles. The lowest BCUT2D eigenvalue weighted by Crippen LogP contribution is -1.94. The Labute approximate surface area is 107 Å². The van der Waals surface area contributed by atoms with Crippen molar-refractivity contribution in [1.29, 1.82) is 5.26 Å². The molecular weight excluding hydrogens is 226 g/mol. The molecule has 18 heavy (non-hydrogen) atoms. The molecule has 0 radical (unpaired) electrons. The van der Waals surface area contributed by atoms with Crippen molar-refractivity contribution < 1.29 is 4.74 Å². The molecule has 0 fully saturated rings. The number of benzene rings is 1.